The Morgan fingerprint density at radius 1 is 0.562 bits per heavy atom. The van der Waals surface area contributed by atoms with Crippen LogP contribution in [0.3, 0.4) is 0 Å². The maximum Gasteiger partial charge on any atom is 0.337 e. The summed E-state index contributed by atoms with van der Waals surface area (Å²) in [5.41, 5.74) is 1.03. The van der Waals surface area contributed by atoms with Gasteiger partial charge in [-0.05, 0) is 60.1 Å². The Bertz CT molecular complexity index is 1420. The molecule has 0 fully saturated rings. The molecule has 0 aliphatic rings. The Hall–Kier alpha value is -5.16. The highest BCUT2D eigenvalue weighted by molar-refractivity contribution is 6.04. The summed E-state index contributed by atoms with van der Waals surface area (Å²) in [6.07, 6.45) is 0. The van der Waals surface area contributed by atoms with Crippen LogP contribution in [0.4, 0.5) is 0 Å². The van der Waals surface area contributed by atoms with Gasteiger partial charge < -0.3 is 10.2 Å². The summed E-state index contributed by atoms with van der Waals surface area (Å²) in [4.78, 5) is 23.3. The van der Waals surface area contributed by atoms with Crippen LogP contribution >= 0.6 is 0 Å². The summed E-state index contributed by atoms with van der Waals surface area (Å²) in [5, 5.41) is 19.0. The fourth-order valence-electron chi connectivity index (χ4n) is 2.66. The fraction of sp³-hybridized carbons (Fsp3) is 0. The lowest BCUT2D eigenvalue weighted by molar-refractivity contribution is 0.0651. The molecule has 3 aromatic rings. The van der Waals surface area contributed by atoms with Crippen LogP contribution < -0.4 is 0 Å². The molecular weight excluding hydrogens is 400 g/mol. The number of rotatable bonds is 2. The van der Waals surface area contributed by atoms with Crippen LogP contribution in [-0.2, 0) is 0 Å². The fourth-order valence-corrected chi connectivity index (χ4v) is 2.66. The second-order valence-electron chi connectivity index (χ2n) is 6.29. The van der Waals surface area contributed by atoms with Crippen molar-refractivity contribution < 1.29 is 19.8 Å². The third kappa shape index (κ3) is 5.92. The Morgan fingerprint density at radius 2 is 1.03 bits per heavy atom. The first-order chi connectivity index (χ1) is 15.5. The quantitative estimate of drug-likeness (QED) is 0.624. The van der Waals surface area contributed by atoms with E-state index in [0.29, 0.717) is 0 Å². The van der Waals surface area contributed by atoms with Gasteiger partial charge in [0.1, 0.15) is 0 Å². The Labute approximate surface area is 185 Å². The van der Waals surface area contributed by atoms with Gasteiger partial charge in [0.2, 0.25) is 0 Å². The lowest BCUT2D eigenvalue weighted by atomic mass is 9.97. The summed E-state index contributed by atoms with van der Waals surface area (Å²) >= 11 is 0. The van der Waals surface area contributed by atoms with Crippen molar-refractivity contribution >= 4 is 11.9 Å². The topological polar surface area (TPSA) is 74.6 Å². The van der Waals surface area contributed by atoms with Crippen LogP contribution in [0.15, 0.2) is 72.8 Å². The van der Waals surface area contributed by atoms with Crippen LogP contribution in [0.2, 0.25) is 0 Å². The monoisotopic (exact) mass is 414 g/mol. The molecule has 0 atom stereocenters. The van der Waals surface area contributed by atoms with E-state index in [1.807, 2.05) is 60.7 Å². The number of carbonyl (C=O) groups is 2. The van der Waals surface area contributed by atoms with E-state index in [9.17, 15) is 19.8 Å². The van der Waals surface area contributed by atoms with E-state index >= 15 is 0 Å². The molecule has 0 saturated heterocycles. The average molecular weight is 414 g/mol. The first kappa shape index (κ1) is 21.5. The minimum atomic E-state index is -1.40. The van der Waals surface area contributed by atoms with E-state index in [4.69, 9.17) is 0 Å². The van der Waals surface area contributed by atoms with Crippen molar-refractivity contribution in [3.63, 3.8) is 0 Å². The summed E-state index contributed by atoms with van der Waals surface area (Å²) < 4.78 is 0. The normalized spacial score (nSPS) is 8.75. The van der Waals surface area contributed by atoms with Gasteiger partial charge in [-0.15, -0.1) is 0 Å². The number of carboxylic acid groups (broad SMARTS) is 2. The molecule has 0 bridgehead atoms. The molecule has 0 heterocycles. The summed E-state index contributed by atoms with van der Waals surface area (Å²) in [7, 11) is 0. The van der Waals surface area contributed by atoms with E-state index in [1.165, 1.54) is 12.1 Å². The van der Waals surface area contributed by atoms with Crippen molar-refractivity contribution in [2.45, 2.75) is 0 Å². The average Bonchev–Trinajstić information content (AvgIpc) is 2.80. The lowest BCUT2D eigenvalue weighted by Crippen LogP contribution is -2.11. The SMILES string of the molecule is O=C(O)c1cc(C#CC#Cc2ccccc2)cc(C#CC#Cc2ccccc2)c1C(=O)O. The second-order valence-corrected chi connectivity index (χ2v) is 6.29. The van der Waals surface area contributed by atoms with Crippen LogP contribution in [0, 0.1) is 47.4 Å². The molecule has 3 rings (SSSR count). The first-order valence-corrected chi connectivity index (χ1v) is 9.33. The van der Waals surface area contributed by atoms with Gasteiger partial charge in [0.05, 0.1) is 11.1 Å². The number of benzene rings is 3. The van der Waals surface area contributed by atoms with Crippen molar-refractivity contribution in [1.29, 1.82) is 0 Å². The molecular formula is C28H14O4. The van der Waals surface area contributed by atoms with E-state index < -0.39 is 23.1 Å². The molecule has 4 nitrogen and oxygen atoms in total. The van der Waals surface area contributed by atoms with Crippen molar-refractivity contribution in [2.24, 2.45) is 0 Å². The van der Waals surface area contributed by atoms with Crippen molar-refractivity contribution in [2.75, 3.05) is 0 Å². The van der Waals surface area contributed by atoms with Gasteiger partial charge in [-0.2, -0.15) is 0 Å². The highest BCUT2D eigenvalue weighted by Gasteiger charge is 2.20. The predicted molar refractivity (Wildman–Crippen MR) is 121 cm³/mol. The van der Waals surface area contributed by atoms with Crippen LogP contribution in [0.5, 0.6) is 0 Å². The van der Waals surface area contributed by atoms with Gasteiger partial charge in [-0.1, -0.05) is 60.1 Å². The standard InChI is InChI=1S/C28H14O4/c29-27(30)25-20-23(17-8-7-15-21-11-3-1-4-12-21)19-24(26(25)28(31)32)18-10-9-16-22-13-5-2-6-14-22/h1-6,11-14,19-20H,(H,29,30)(H,31,32). The maximum absolute atomic E-state index is 11.7. The lowest BCUT2D eigenvalue weighted by Gasteiger charge is -2.05. The Kier molecular flexibility index (Phi) is 7.12. The molecule has 32 heavy (non-hydrogen) atoms. The molecule has 4 heteroatoms. The number of carboxylic acids is 2. The minimum absolute atomic E-state index is 0.0140. The Morgan fingerprint density at radius 3 is 1.50 bits per heavy atom. The summed E-state index contributed by atoms with van der Waals surface area (Å²) in [6, 6.07) is 21.0. The van der Waals surface area contributed by atoms with E-state index in [0.717, 1.165) is 11.1 Å². The maximum atomic E-state index is 11.7. The molecule has 150 valence electrons. The molecule has 0 spiro atoms. The van der Waals surface area contributed by atoms with Gasteiger partial charge in [-0.25, -0.2) is 9.59 Å². The van der Waals surface area contributed by atoms with Gasteiger partial charge in [0.15, 0.2) is 0 Å². The van der Waals surface area contributed by atoms with E-state index in [2.05, 4.69) is 47.4 Å². The van der Waals surface area contributed by atoms with E-state index in [-0.39, 0.29) is 11.1 Å². The third-order valence-electron chi connectivity index (χ3n) is 4.07. The first-order valence-electron chi connectivity index (χ1n) is 9.33. The molecule has 0 aliphatic carbocycles. The van der Waals surface area contributed by atoms with Gasteiger partial charge in [-0.3, -0.25) is 0 Å². The molecule has 3 aromatic carbocycles. The van der Waals surface area contributed by atoms with Crippen LogP contribution in [-0.4, -0.2) is 22.2 Å². The number of aromatic carboxylic acids is 2. The van der Waals surface area contributed by atoms with Crippen molar-refractivity contribution in [3.8, 4) is 47.4 Å². The summed E-state index contributed by atoms with van der Waals surface area (Å²) in [5.74, 6) is 18.9. The second kappa shape index (κ2) is 10.6. The third-order valence-corrected chi connectivity index (χ3v) is 4.07. The highest BCUT2D eigenvalue weighted by Crippen LogP contribution is 2.18. The zero-order valence-electron chi connectivity index (χ0n) is 16.6. The van der Waals surface area contributed by atoms with Gasteiger partial charge >= 0.3 is 11.9 Å². The molecule has 0 unspecified atom stereocenters. The molecule has 2 N–H and O–H groups in total. The van der Waals surface area contributed by atoms with Crippen molar-refractivity contribution in [1.82, 2.24) is 0 Å². The zero-order valence-corrected chi connectivity index (χ0v) is 16.6. The minimum Gasteiger partial charge on any atom is -0.478 e. The Balaban J connectivity index is 2.00. The summed E-state index contributed by atoms with van der Waals surface area (Å²) in [6.45, 7) is 0. The zero-order chi connectivity index (χ0) is 22.8. The molecule has 0 saturated carbocycles. The van der Waals surface area contributed by atoms with Crippen molar-refractivity contribution in [3.05, 3.63) is 106 Å². The van der Waals surface area contributed by atoms with Crippen LogP contribution in [0.1, 0.15) is 43.0 Å². The predicted octanol–water partition coefficient (Wildman–Crippen LogP) is 3.89. The highest BCUT2D eigenvalue weighted by atomic mass is 16.4. The van der Waals surface area contributed by atoms with Crippen LogP contribution in [0.25, 0.3) is 0 Å². The van der Waals surface area contributed by atoms with Gasteiger partial charge in [0.25, 0.3) is 0 Å². The van der Waals surface area contributed by atoms with Gasteiger partial charge in [0, 0.05) is 22.3 Å². The number of hydrogen-bond donors (Lipinski definition) is 2. The molecule has 0 aromatic heterocycles. The van der Waals surface area contributed by atoms with E-state index in [1.54, 1.807) is 0 Å². The molecule has 0 amide bonds. The number of hydrogen-bond acceptors (Lipinski definition) is 2. The smallest absolute Gasteiger partial charge is 0.337 e. The molecule has 0 aliphatic heterocycles. The largest absolute Gasteiger partial charge is 0.478 e. The molecule has 0 radical (unpaired) electrons.